The van der Waals surface area contributed by atoms with Gasteiger partial charge in [-0.25, -0.2) is 4.39 Å². The lowest BCUT2D eigenvalue weighted by Gasteiger charge is -2.28. The molecule has 0 aliphatic heterocycles. The van der Waals surface area contributed by atoms with E-state index in [0.717, 1.165) is 5.56 Å². The van der Waals surface area contributed by atoms with Gasteiger partial charge in [-0.15, -0.1) is 0 Å². The predicted octanol–water partition coefficient (Wildman–Crippen LogP) is 3.37. The lowest BCUT2D eigenvalue weighted by atomic mass is 9.84. The molecule has 0 saturated carbocycles. The molecule has 0 fully saturated rings. The molecule has 1 unspecified atom stereocenters. The first-order valence-electron chi connectivity index (χ1n) is 6.68. The Labute approximate surface area is 124 Å². The maximum absolute atomic E-state index is 13.8. The van der Waals surface area contributed by atoms with Crippen molar-refractivity contribution >= 4 is 0 Å². The highest BCUT2D eigenvalue weighted by Crippen LogP contribution is 2.36. The molecular formula is C17H20FNO2. The zero-order chi connectivity index (χ0) is 15.6. The van der Waals surface area contributed by atoms with Crippen LogP contribution >= 0.6 is 0 Å². The van der Waals surface area contributed by atoms with Crippen molar-refractivity contribution in [2.75, 3.05) is 14.2 Å². The van der Waals surface area contributed by atoms with E-state index in [0.29, 0.717) is 22.6 Å². The van der Waals surface area contributed by atoms with Crippen molar-refractivity contribution in [2.24, 2.45) is 5.73 Å². The quantitative estimate of drug-likeness (QED) is 0.938. The van der Waals surface area contributed by atoms with Crippen LogP contribution < -0.4 is 15.2 Å². The van der Waals surface area contributed by atoms with Crippen LogP contribution in [0.5, 0.6) is 11.5 Å². The minimum Gasteiger partial charge on any atom is -0.497 e. The largest absolute Gasteiger partial charge is 0.497 e. The number of aryl methyl sites for hydroxylation is 1. The summed E-state index contributed by atoms with van der Waals surface area (Å²) in [5, 5.41) is 0. The van der Waals surface area contributed by atoms with E-state index in [-0.39, 0.29) is 5.82 Å². The maximum atomic E-state index is 13.8. The molecule has 2 aromatic carbocycles. The van der Waals surface area contributed by atoms with Crippen molar-refractivity contribution in [3.63, 3.8) is 0 Å². The Hall–Kier alpha value is -2.07. The van der Waals surface area contributed by atoms with Crippen LogP contribution in [0.1, 0.15) is 23.6 Å². The van der Waals surface area contributed by atoms with Crippen LogP contribution in [0.2, 0.25) is 0 Å². The highest BCUT2D eigenvalue weighted by atomic mass is 19.1. The molecule has 3 nitrogen and oxygen atoms in total. The Bertz CT molecular complexity index is 653. The number of methoxy groups -OCH3 is 2. The summed E-state index contributed by atoms with van der Waals surface area (Å²) in [7, 11) is 3.16. The SMILES string of the molecule is COc1ccc(C(C)(N)c2ccc(C)c(F)c2)c(OC)c1. The smallest absolute Gasteiger partial charge is 0.127 e. The van der Waals surface area contributed by atoms with Gasteiger partial charge in [-0.05, 0) is 43.2 Å². The molecule has 0 heterocycles. The summed E-state index contributed by atoms with van der Waals surface area (Å²) in [5.41, 5.74) is 7.64. The normalized spacial score (nSPS) is 13.6. The molecule has 2 aromatic rings. The summed E-state index contributed by atoms with van der Waals surface area (Å²) in [6.07, 6.45) is 0. The van der Waals surface area contributed by atoms with Crippen molar-refractivity contribution < 1.29 is 13.9 Å². The zero-order valence-corrected chi connectivity index (χ0v) is 12.7. The Balaban J connectivity index is 2.54. The average Bonchev–Trinajstić information content (AvgIpc) is 2.49. The summed E-state index contributed by atoms with van der Waals surface area (Å²) in [6.45, 7) is 3.56. The number of hydrogen-bond acceptors (Lipinski definition) is 3. The Morgan fingerprint density at radius 2 is 1.76 bits per heavy atom. The zero-order valence-electron chi connectivity index (χ0n) is 12.7. The molecule has 0 aromatic heterocycles. The average molecular weight is 289 g/mol. The second kappa shape index (κ2) is 5.74. The first kappa shape index (κ1) is 15.3. The minimum absolute atomic E-state index is 0.267. The summed E-state index contributed by atoms with van der Waals surface area (Å²) >= 11 is 0. The summed E-state index contributed by atoms with van der Waals surface area (Å²) < 4.78 is 24.4. The first-order chi connectivity index (χ1) is 9.90. The molecule has 2 rings (SSSR count). The Morgan fingerprint density at radius 3 is 2.33 bits per heavy atom. The van der Waals surface area contributed by atoms with Crippen LogP contribution in [0.3, 0.4) is 0 Å². The van der Waals surface area contributed by atoms with Gasteiger partial charge in [-0.3, -0.25) is 0 Å². The van der Waals surface area contributed by atoms with Gasteiger partial charge in [0, 0.05) is 11.6 Å². The van der Waals surface area contributed by atoms with Crippen LogP contribution in [-0.4, -0.2) is 14.2 Å². The van der Waals surface area contributed by atoms with Crippen LogP contribution in [0.4, 0.5) is 4.39 Å². The van der Waals surface area contributed by atoms with Gasteiger partial charge in [0.1, 0.15) is 17.3 Å². The molecule has 21 heavy (non-hydrogen) atoms. The molecule has 2 N–H and O–H groups in total. The van der Waals surface area contributed by atoms with E-state index < -0.39 is 5.54 Å². The number of benzene rings is 2. The molecule has 0 amide bonds. The van der Waals surface area contributed by atoms with Crippen molar-refractivity contribution in [1.29, 1.82) is 0 Å². The van der Waals surface area contributed by atoms with Gasteiger partial charge in [0.05, 0.1) is 19.8 Å². The highest BCUT2D eigenvalue weighted by molar-refractivity contribution is 5.49. The monoisotopic (exact) mass is 289 g/mol. The van der Waals surface area contributed by atoms with Gasteiger partial charge in [0.15, 0.2) is 0 Å². The molecule has 0 saturated heterocycles. The van der Waals surface area contributed by atoms with Gasteiger partial charge in [-0.2, -0.15) is 0 Å². The molecule has 112 valence electrons. The molecular weight excluding hydrogens is 269 g/mol. The lowest BCUT2D eigenvalue weighted by Crippen LogP contribution is -2.34. The van der Waals surface area contributed by atoms with E-state index in [1.807, 2.05) is 25.1 Å². The molecule has 0 aliphatic carbocycles. The second-order valence-electron chi connectivity index (χ2n) is 5.23. The van der Waals surface area contributed by atoms with Gasteiger partial charge in [0.2, 0.25) is 0 Å². The number of nitrogens with two attached hydrogens (primary N) is 1. The topological polar surface area (TPSA) is 44.5 Å². The van der Waals surface area contributed by atoms with Crippen molar-refractivity contribution in [1.82, 2.24) is 0 Å². The van der Waals surface area contributed by atoms with Crippen molar-refractivity contribution in [2.45, 2.75) is 19.4 Å². The van der Waals surface area contributed by atoms with E-state index in [9.17, 15) is 4.39 Å². The number of rotatable bonds is 4. The van der Waals surface area contributed by atoms with Crippen LogP contribution in [-0.2, 0) is 5.54 Å². The van der Waals surface area contributed by atoms with Crippen LogP contribution in [0.25, 0.3) is 0 Å². The number of halogens is 1. The van der Waals surface area contributed by atoms with E-state index in [1.165, 1.54) is 6.07 Å². The van der Waals surface area contributed by atoms with Gasteiger partial charge in [-0.1, -0.05) is 12.1 Å². The fourth-order valence-electron chi connectivity index (χ4n) is 2.30. The van der Waals surface area contributed by atoms with Crippen LogP contribution in [0.15, 0.2) is 36.4 Å². The Morgan fingerprint density at radius 1 is 1.05 bits per heavy atom. The highest BCUT2D eigenvalue weighted by Gasteiger charge is 2.28. The number of hydrogen-bond donors (Lipinski definition) is 1. The molecule has 4 heteroatoms. The molecule has 0 spiro atoms. The third-order valence-electron chi connectivity index (χ3n) is 3.74. The summed E-state index contributed by atoms with van der Waals surface area (Å²) in [4.78, 5) is 0. The maximum Gasteiger partial charge on any atom is 0.127 e. The second-order valence-corrected chi connectivity index (χ2v) is 5.23. The minimum atomic E-state index is -0.869. The fourth-order valence-corrected chi connectivity index (χ4v) is 2.30. The third kappa shape index (κ3) is 2.85. The van der Waals surface area contributed by atoms with E-state index in [1.54, 1.807) is 33.3 Å². The number of ether oxygens (including phenoxy) is 2. The fraction of sp³-hybridized carbons (Fsp3) is 0.294. The molecule has 0 aliphatic rings. The van der Waals surface area contributed by atoms with E-state index >= 15 is 0 Å². The molecule has 0 bridgehead atoms. The molecule has 0 radical (unpaired) electrons. The standard InChI is InChI=1S/C17H20FNO2/c1-11-5-6-12(9-15(11)18)17(2,19)14-8-7-13(20-3)10-16(14)21-4/h5-10H,19H2,1-4H3. The van der Waals surface area contributed by atoms with Gasteiger partial charge in [0.25, 0.3) is 0 Å². The van der Waals surface area contributed by atoms with Crippen molar-refractivity contribution in [3.05, 3.63) is 58.9 Å². The Kier molecular flexibility index (Phi) is 4.19. The third-order valence-corrected chi connectivity index (χ3v) is 3.74. The predicted molar refractivity (Wildman–Crippen MR) is 81.3 cm³/mol. The van der Waals surface area contributed by atoms with Crippen molar-refractivity contribution in [3.8, 4) is 11.5 Å². The molecule has 1 atom stereocenters. The first-order valence-corrected chi connectivity index (χ1v) is 6.68. The summed E-state index contributed by atoms with van der Waals surface area (Å²) in [5.74, 6) is 1.03. The van der Waals surface area contributed by atoms with E-state index in [2.05, 4.69) is 0 Å². The summed E-state index contributed by atoms with van der Waals surface area (Å²) in [6, 6.07) is 10.5. The van der Waals surface area contributed by atoms with Crippen LogP contribution in [0, 0.1) is 12.7 Å². The lowest BCUT2D eigenvalue weighted by molar-refractivity contribution is 0.383. The van der Waals surface area contributed by atoms with E-state index in [4.69, 9.17) is 15.2 Å². The van der Waals surface area contributed by atoms with Gasteiger partial charge < -0.3 is 15.2 Å². The van der Waals surface area contributed by atoms with Gasteiger partial charge >= 0.3 is 0 Å².